The number of halogens is 1. The van der Waals surface area contributed by atoms with Gasteiger partial charge in [-0.3, -0.25) is 4.79 Å². The number of carbonyl (C=O) groups excluding carboxylic acids is 2. The minimum atomic E-state index is -2.13. The van der Waals surface area contributed by atoms with E-state index >= 15 is 0 Å². The van der Waals surface area contributed by atoms with Crippen LogP contribution in [0.1, 0.15) is 15.9 Å². The van der Waals surface area contributed by atoms with Crippen molar-refractivity contribution in [2.45, 2.75) is 5.67 Å². The molecule has 0 aliphatic carbocycles. The lowest BCUT2D eigenvalue weighted by atomic mass is 9.95. The Morgan fingerprint density at radius 2 is 2.05 bits per heavy atom. The minimum absolute atomic E-state index is 0.267. The number of benzene rings is 1. The van der Waals surface area contributed by atoms with Gasteiger partial charge in [0.05, 0.1) is 32.9 Å². The van der Waals surface area contributed by atoms with E-state index < -0.39 is 17.5 Å². The number of hydrogen-bond donors (Lipinski definition) is 0. The molecule has 0 aromatic heterocycles. The zero-order chi connectivity index (χ0) is 15.6. The number of ether oxygens (including phenoxy) is 2. The first-order valence-electron chi connectivity index (χ1n) is 6.16. The molecule has 5 nitrogen and oxygen atoms in total. The second kappa shape index (κ2) is 5.44. The summed E-state index contributed by atoms with van der Waals surface area (Å²) >= 11 is 0. The molecule has 1 aliphatic rings. The Kier molecular flexibility index (Phi) is 3.85. The van der Waals surface area contributed by atoms with Crippen LogP contribution in [0.25, 0.3) is 0 Å². The lowest BCUT2D eigenvalue weighted by molar-refractivity contribution is -0.164. The zero-order valence-corrected chi connectivity index (χ0v) is 11.7. The van der Waals surface area contributed by atoms with Crippen LogP contribution in [0.4, 0.5) is 4.39 Å². The minimum Gasteiger partial charge on any atom is -0.496 e. The topological polar surface area (TPSA) is 55.8 Å². The van der Waals surface area contributed by atoms with E-state index in [4.69, 9.17) is 11.2 Å². The van der Waals surface area contributed by atoms with E-state index in [1.165, 1.54) is 18.1 Å². The first-order valence-corrected chi connectivity index (χ1v) is 6.16. The van der Waals surface area contributed by atoms with Gasteiger partial charge in [0.2, 0.25) is 5.67 Å². The van der Waals surface area contributed by atoms with Crippen molar-refractivity contribution in [2.75, 3.05) is 27.3 Å². The fourth-order valence-electron chi connectivity index (χ4n) is 2.14. The molecule has 1 amide bonds. The molecule has 1 saturated heterocycles. The standard InChI is InChI=1S/C15H14FNO4/c1-4-10-5-6-11(12(7-10)20-2)13(18)17-8-15(16,9-17)14(19)21-3/h1,5-7H,8-9H2,2-3H3. The molecule has 1 heterocycles. The summed E-state index contributed by atoms with van der Waals surface area (Å²) in [4.78, 5) is 24.7. The van der Waals surface area contributed by atoms with Gasteiger partial charge in [0.15, 0.2) is 0 Å². The Morgan fingerprint density at radius 3 is 2.57 bits per heavy atom. The summed E-state index contributed by atoms with van der Waals surface area (Å²) in [5, 5.41) is 0. The molecule has 6 heteroatoms. The number of carbonyl (C=O) groups is 2. The van der Waals surface area contributed by atoms with Gasteiger partial charge < -0.3 is 14.4 Å². The Bertz CT molecular complexity index is 629. The van der Waals surface area contributed by atoms with Crippen molar-refractivity contribution in [1.29, 1.82) is 0 Å². The quantitative estimate of drug-likeness (QED) is 0.616. The highest BCUT2D eigenvalue weighted by molar-refractivity contribution is 5.99. The van der Waals surface area contributed by atoms with Crippen LogP contribution < -0.4 is 4.74 Å². The van der Waals surface area contributed by atoms with Crippen LogP contribution in [0, 0.1) is 12.3 Å². The third-order valence-electron chi connectivity index (χ3n) is 3.32. The van der Waals surface area contributed by atoms with E-state index in [1.54, 1.807) is 12.1 Å². The molecule has 1 aromatic carbocycles. The van der Waals surface area contributed by atoms with Gasteiger partial charge in [-0.15, -0.1) is 6.42 Å². The van der Waals surface area contributed by atoms with Crippen molar-refractivity contribution < 1.29 is 23.5 Å². The smallest absolute Gasteiger partial charge is 0.347 e. The molecule has 0 spiro atoms. The monoisotopic (exact) mass is 291 g/mol. The average molecular weight is 291 g/mol. The molecule has 0 N–H and O–H groups in total. The number of methoxy groups -OCH3 is 2. The van der Waals surface area contributed by atoms with Crippen molar-refractivity contribution in [3.63, 3.8) is 0 Å². The van der Waals surface area contributed by atoms with Gasteiger partial charge in [-0.05, 0) is 18.2 Å². The van der Waals surface area contributed by atoms with Crippen molar-refractivity contribution in [3.05, 3.63) is 29.3 Å². The average Bonchev–Trinajstić information content (AvgIpc) is 2.49. The van der Waals surface area contributed by atoms with Crippen LogP contribution in [0.15, 0.2) is 18.2 Å². The second-order valence-electron chi connectivity index (χ2n) is 4.68. The van der Waals surface area contributed by atoms with Crippen LogP contribution in [-0.2, 0) is 9.53 Å². The van der Waals surface area contributed by atoms with Gasteiger partial charge in [0.25, 0.3) is 5.91 Å². The normalized spacial score (nSPS) is 15.6. The van der Waals surface area contributed by atoms with Crippen LogP contribution in [0.2, 0.25) is 0 Å². The Balaban J connectivity index is 2.17. The Morgan fingerprint density at radius 1 is 1.38 bits per heavy atom. The summed E-state index contributed by atoms with van der Waals surface area (Å²) in [5.41, 5.74) is -1.29. The number of esters is 1. The molecule has 1 aromatic rings. The second-order valence-corrected chi connectivity index (χ2v) is 4.68. The molecule has 2 rings (SSSR count). The van der Waals surface area contributed by atoms with Gasteiger partial charge in [0.1, 0.15) is 5.75 Å². The van der Waals surface area contributed by atoms with Crippen LogP contribution in [-0.4, -0.2) is 49.8 Å². The number of amides is 1. The number of likely N-dealkylation sites (tertiary alicyclic amines) is 1. The molecule has 0 bridgehead atoms. The molecular weight excluding hydrogens is 277 g/mol. The Labute approximate surface area is 121 Å². The first kappa shape index (κ1) is 14.9. The number of alkyl halides is 1. The summed E-state index contributed by atoms with van der Waals surface area (Å²) in [6, 6.07) is 4.67. The van der Waals surface area contributed by atoms with Crippen LogP contribution >= 0.6 is 0 Å². The van der Waals surface area contributed by atoms with Gasteiger partial charge in [-0.25, -0.2) is 9.18 Å². The third kappa shape index (κ3) is 2.55. The van der Waals surface area contributed by atoms with E-state index in [9.17, 15) is 14.0 Å². The van der Waals surface area contributed by atoms with Crippen molar-refractivity contribution in [1.82, 2.24) is 4.90 Å². The lowest BCUT2D eigenvalue weighted by Crippen LogP contribution is -2.65. The maximum atomic E-state index is 14.0. The summed E-state index contributed by atoms with van der Waals surface area (Å²) in [5.74, 6) is 1.35. The van der Waals surface area contributed by atoms with E-state index in [-0.39, 0.29) is 18.7 Å². The summed E-state index contributed by atoms with van der Waals surface area (Å²) < 4.78 is 23.5. The van der Waals surface area contributed by atoms with Gasteiger partial charge >= 0.3 is 5.97 Å². The van der Waals surface area contributed by atoms with E-state index in [0.717, 1.165) is 7.11 Å². The third-order valence-corrected chi connectivity index (χ3v) is 3.32. The van der Waals surface area contributed by atoms with E-state index in [2.05, 4.69) is 10.7 Å². The van der Waals surface area contributed by atoms with Crippen molar-refractivity contribution in [3.8, 4) is 18.1 Å². The van der Waals surface area contributed by atoms with Crippen LogP contribution in [0.5, 0.6) is 5.75 Å². The van der Waals surface area contributed by atoms with Crippen LogP contribution in [0.3, 0.4) is 0 Å². The highest BCUT2D eigenvalue weighted by Gasteiger charge is 2.53. The highest BCUT2D eigenvalue weighted by atomic mass is 19.1. The molecule has 0 atom stereocenters. The predicted molar refractivity (Wildman–Crippen MR) is 72.7 cm³/mol. The summed E-state index contributed by atoms with van der Waals surface area (Å²) in [6.45, 7) is -0.670. The number of rotatable bonds is 3. The van der Waals surface area contributed by atoms with Crippen molar-refractivity contribution in [2.24, 2.45) is 0 Å². The molecular formula is C15H14FNO4. The molecule has 110 valence electrons. The van der Waals surface area contributed by atoms with Gasteiger partial charge in [-0.1, -0.05) is 5.92 Å². The zero-order valence-electron chi connectivity index (χ0n) is 11.7. The number of hydrogen-bond acceptors (Lipinski definition) is 4. The largest absolute Gasteiger partial charge is 0.496 e. The predicted octanol–water partition coefficient (Wildman–Crippen LogP) is 1.01. The molecule has 1 fully saturated rings. The molecule has 1 aliphatic heterocycles. The van der Waals surface area contributed by atoms with E-state index in [0.29, 0.717) is 11.3 Å². The summed E-state index contributed by atoms with van der Waals surface area (Å²) in [6.07, 6.45) is 5.28. The fourth-order valence-corrected chi connectivity index (χ4v) is 2.14. The molecule has 0 saturated carbocycles. The number of terminal acetylenes is 1. The summed E-state index contributed by atoms with van der Waals surface area (Å²) in [7, 11) is 2.52. The number of nitrogens with zero attached hydrogens (tertiary/aromatic N) is 1. The Hall–Kier alpha value is -2.55. The maximum Gasteiger partial charge on any atom is 0.347 e. The maximum absolute atomic E-state index is 14.0. The van der Waals surface area contributed by atoms with Gasteiger partial charge in [-0.2, -0.15) is 0 Å². The lowest BCUT2D eigenvalue weighted by Gasteiger charge is -2.42. The molecule has 21 heavy (non-hydrogen) atoms. The fraction of sp³-hybridized carbons (Fsp3) is 0.333. The molecule has 0 radical (unpaired) electrons. The van der Waals surface area contributed by atoms with Gasteiger partial charge in [0, 0.05) is 5.56 Å². The molecule has 0 unspecified atom stereocenters. The highest BCUT2D eigenvalue weighted by Crippen LogP contribution is 2.30. The van der Waals surface area contributed by atoms with E-state index in [1.807, 2.05) is 0 Å². The van der Waals surface area contributed by atoms with Crippen molar-refractivity contribution >= 4 is 11.9 Å². The SMILES string of the molecule is C#Cc1ccc(C(=O)N2CC(F)(C(=O)OC)C2)c(OC)c1. The first-order chi connectivity index (χ1) is 9.95.